The molecule has 142 valence electrons. The van der Waals surface area contributed by atoms with Crippen molar-refractivity contribution in [2.45, 2.75) is 31.8 Å². The summed E-state index contributed by atoms with van der Waals surface area (Å²) in [4.78, 5) is 12.8. The molecule has 1 aliphatic heterocycles. The van der Waals surface area contributed by atoms with Crippen LogP contribution in [0.3, 0.4) is 0 Å². The van der Waals surface area contributed by atoms with Crippen LogP contribution in [0.1, 0.15) is 18.2 Å². The van der Waals surface area contributed by atoms with Crippen LogP contribution in [0, 0.1) is 6.92 Å². The van der Waals surface area contributed by atoms with E-state index in [-0.39, 0.29) is 18.8 Å². The second-order valence-electron chi connectivity index (χ2n) is 6.46. The van der Waals surface area contributed by atoms with Gasteiger partial charge in [0.1, 0.15) is 18.7 Å². The van der Waals surface area contributed by atoms with E-state index in [1.165, 1.54) is 6.33 Å². The van der Waals surface area contributed by atoms with Crippen LogP contribution in [-0.2, 0) is 4.74 Å². The Labute approximate surface area is 159 Å². The molecule has 0 unspecified atom stereocenters. The van der Waals surface area contributed by atoms with Crippen molar-refractivity contribution in [3.05, 3.63) is 35.1 Å². The SMILES string of the molecule is Cc1ccc(Nc2nc3c(N)ncnc3n2[C@H]2C[C@H](O)[C@@H](CO)O2)c(Cl)c1. The molecule has 9 nitrogen and oxygen atoms in total. The van der Waals surface area contributed by atoms with Gasteiger partial charge < -0.3 is 26.0 Å². The highest BCUT2D eigenvalue weighted by atomic mass is 35.5. The van der Waals surface area contributed by atoms with E-state index in [1.807, 2.05) is 25.1 Å². The summed E-state index contributed by atoms with van der Waals surface area (Å²) >= 11 is 6.33. The second-order valence-corrected chi connectivity index (χ2v) is 6.87. The predicted octanol–water partition coefficient (Wildman–Crippen LogP) is 1.75. The number of nitrogens with one attached hydrogen (secondary N) is 1. The Bertz CT molecular complexity index is 994. The number of aliphatic hydroxyl groups excluding tert-OH is 2. The molecule has 0 radical (unpaired) electrons. The van der Waals surface area contributed by atoms with E-state index < -0.39 is 18.4 Å². The zero-order chi connectivity index (χ0) is 19.1. The third-order valence-electron chi connectivity index (χ3n) is 4.55. The lowest BCUT2D eigenvalue weighted by Gasteiger charge is -2.17. The number of fused-ring (bicyclic) bond motifs is 1. The summed E-state index contributed by atoms with van der Waals surface area (Å²) in [5.74, 6) is 0.632. The van der Waals surface area contributed by atoms with Crippen LogP contribution in [0.2, 0.25) is 5.02 Å². The Morgan fingerprint density at radius 2 is 2.22 bits per heavy atom. The lowest BCUT2D eigenvalue weighted by atomic mass is 10.2. The molecule has 10 heteroatoms. The zero-order valence-electron chi connectivity index (χ0n) is 14.5. The number of nitrogens with two attached hydrogens (primary N) is 1. The van der Waals surface area contributed by atoms with Gasteiger partial charge in [0, 0.05) is 6.42 Å². The number of aliphatic hydroxyl groups is 2. The fourth-order valence-corrected chi connectivity index (χ4v) is 3.45. The van der Waals surface area contributed by atoms with Gasteiger partial charge in [0.25, 0.3) is 0 Å². The number of rotatable bonds is 4. The van der Waals surface area contributed by atoms with Crippen LogP contribution in [0.25, 0.3) is 11.2 Å². The zero-order valence-corrected chi connectivity index (χ0v) is 15.3. The van der Waals surface area contributed by atoms with Crippen molar-refractivity contribution in [2.24, 2.45) is 0 Å². The summed E-state index contributed by atoms with van der Waals surface area (Å²) in [6, 6.07) is 5.60. The average Bonchev–Trinajstić information content (AvgIpc) is 3.18. The number of aromatic nitrogens is 4. The van der Waals surface area contributed by atoms with Crippen molar-refractivity contribution in [3.63, 3.8) is 0 Å². The van der Waals surface area contributed by atoms with Crippen LogP contribution >= 0.6 is 11.6 Å². The summed E-state index contributed by atoms with van der Waals surface area (Å²) in [5.41, 5.74) is 8.51. The van der Waals surface area contributed by atoms with Crippen LogP contribution in [0.4, 0.5) is 17.5 Å². The molecule has 3 atom stereocenters. The average molecular weight is 391 g/mol. The van der Waals surface area contributed by atoms with Crippen LogP contribution in [0.5, 0.6) is 0 Å². The number of aryl methyl sites for hydroxylation is 1. The van der Waals surface area contributed by atoms with Gasteiger partial charge >= 0.3 is 0 Å². The number of imidazole rings is 1. The minimum atomic E-state index is -0.799. The van der Waals surface area contributed by atoms with Gasteiger partial charge in [0.05, 0.1) is 23.4 Å². The lowest BCUT2D eigenvalue weighted by molar-refractivity contribution is -0.0425. The van der Waals surface area contributed by atoms with Gasteiger partial charge in [-0.1, -0.05) is 17.7 Å². The van der Waals surface area contributed by atoms with Crippen molar-refractivity contribution in [1.82, 2.24) is 19.5 Å². The number of nitrogen functional groups attached to an aromatic ring is 1. The molecule has 27 heavy (non-hydrogen) atoms. The Hall–Kier alpha value is -2.46. The highest BCUT2D eigenvalue weighted by molar-refractivity contribution is 6.33. The normalized spacial score (nSPS) is 22.4. The molecule has 2 aromatic heterocycles. The van der Waals surface area contributed by atoms with Crippen molar-refractivity contribution in [2.75, 3.05) is 17.7 Å². The lowest BCUT2D eigenvalue weighted by Crippen LogP contribution is -2.24. The van der Waals surface area contributed by atoms with E-state index in [1.54, 1.807) is 4.57 Å². The topological polar surface area (TPSA) is 131 Å². The van der Waals surface area contributed by atoms with Crippen molar-refractivity contribution >= 4 is 40.2 Å². The molecule has 3 heterocycles. The van der Waals surface area contributed by atoms with Gasteiger partial charge in [-0.3, -0.25) is 4.57 Å². The third kappa shape index (κ3) is 3.19. The maximum Gasteiger partial charge on any atom is 0.212 e. The first-order chi connectivity index (χ1) is 13.0. The van der Waals surface area contributed by atoms with Gasteiger partial charge in [0.15, 0.2) is 17.0 Å². The molecule has 1 aliphatic rings. The van der Waals surface area contributed by atoms with Crippen LogP contribution < -0.4 is 11.1 Å². The standard InChI is InChI=1S/C17H19ClN6O3/c1-8-2-3-10(9(18)4-8)22-17-23-14-15(19)20-7-21-16(14)24(17)13-5-11(26)12(6-25)27-13/h2-4,7,11-13,25-26H,5-6H2,1H3,(H,22,23)(H2,19,20,21)/t11-,12+,13+/m0/s1. The molecule has 0 bridgehead atoms. The molecule has 5 N–H and O–H groups in total. The quantitative estimate of drug-likeness (QED) is 0.530. The van der Waals surface area contributed by atoms with Crippen LogP contribution in [0.15, 0.2) is 24.5 Å². The highest BCUT2D eigenvalue weighted by Gasteiger charge is 2.37. The summed E-state index contributed by atoms with van der Waals surface area (Å²) < 4.78 is 7.49. The molecule has 1 saturated heterocycles. The molecule has 1 aromatic carbocycles. The largest absolute Gasteiger partial charge is 0.394 e. The smallest absolute Gasteiger partial charge is 0.212 e. The number of benzene rings is 1. The first-order valence-corrected chi connectivity index (χ1v) is 8.81. The molecular weight excluding hydrogens is 372 g/mol. The van der Waals surface area contributed by atoms with Crippen LogP contribution in [-0.4, -0.2) is 48.5 Å². The first-order valence-electron chi connectivity index (χ1n) is 8.44. The van der Waals surface area contributed by atoms with Gasteiger partial charge in [-0.25, -0.2) is 15.0 Å². The van der Waals surface area contributed by atoms with Gasteiger partial charge in [-0.2, -0.15) is 0 Å². The van der Waals surface area contributed by atoms with Gasteiger partial charge in [-0.15, -0.1) is 0 Å². The summed E-state index contributed by atoms with van der Waals surface area (Å²) in [6.45, 7) is 1.66. The number of halogens is 1. The van der Waals surface area contributed by atoms with E-state index in [2.05, 4.69) is 20.3 Å². The molecule has 4 rings (SSSR count). The molecule has 3 aromatic rings. The maximum atomic E-state index is 10.1. The van der Waals surface area contributed by atoms with E-state index in [0.29, 0.717) is 27.8 Å². The minimum absolute atomic E-state index is 0.231. The first kappa shape index (κ1) is 17.9. The monoisotopic (exact) mass is 390 g/mol. The fourth-order valence-electron chi connectivity index (χ4n) is 3.17. The van der Waals surface area contributed by atoms with E-state index in [9.17, 15) is 10.2 Å². The maximum absolute atomic E-state index is 10.1. The van der Waals surface area contributed by atoms with E-state index >= 15 is 0 Å². The molecule has 0 saturated carbocycles. The minimum Gasteiger partial charge on any atom is -0.394 e. The van der Waals surface area contributed by atoms with Gasteiger partial charge in [-0.05, 0) is 24.6 Å². The summed E-state index contributed by atoms with van der Waals surface area (Å²) in [5, 5.41) is 23.2. The summed E-state index contributed by atoms with van der Waals surface area (Å²) in [6.07, 6.45) is -0.442. The number of hydrogen-bond acceptors (Lipinski definition) is 8. The number of anilines is 3. The second kappa shape index (κ2) is 6.93. The highest BCUT2D eigenvalue weighted by Crippen LogP contribution is 2.36. The fraction of sp³-hybridized carbons (Fsp3) is 0.353. The van der Waals surface area contributed by atoms with E-state index in [4.69, 9.17) is 22.1 Å². The number of nitrogens with zero attached hydrogens (tertiary/aromatic N) is 4. The molecule has 1 fully saturated rings. The van der Waals surface area contributed by atoms with Crippen molar-refractivity contribution < 1.29 is 14.9 Å². The Balaban J connectivity index is 1.81. The molecule has 0 spiro atoms. The van der Waals surface area contributed by atoms with Crippen molar-refractivity contribution in [3.8, 4) is 0 Å². The predicted molar refractivity (Wildman–Crippen MR) is 101 cm³/mol. The van der Waals surface area contributed by atoms with Crippen molar-refractivity contribution in [1.29, 1.82) is 0 Å². The Kier molecular flexibility index (Phi) is 4.60. The number of hydrogen-bond donors (Lipinski definition) is 4. The summed E-state index contributed by atoms with van der Waals surface area (Å²) in [7, 11) is 0. The number of ether oxygens (including phenoxy) is 1. The Morgan fingerprint density at radius 1 is 1.41 bits per heavy atom. The van der Waals surface area contributed by atoms with Gasteiger partial charge in [0.2, 0.25) is 5.95 Å². The van der Waals surface area contributed by atoms with E-state index in [0.717, 1.165) is 5.56 Å². The molecular formula is C17H19ClN6O3. The third-order valence-corrected chi connectivity index (χ3v) is 4.86. The molecule has 0 aliphatic carbocycles. The molecule has 0 amide bonds. The Morgan fingerprint density at radius 3 is 2.93 bits per heavy atom.